The van der Waals surface area contributed by atoms with Crippen molar-refractivity contribution >= 4 is 17.5 Å². The fraction of sp³-hybridized carbons (Fsp3) is 0.333. The molecule has 2 aromatic heterocycles. The van der Waals surface area contributed by atoms with Gasteiger partial charge < -0.3 is 35.3 Å². The maximum absolute atomic E-state index is 13.8. The van der Waals surface area contributed by atoms with Crippen molar-refractivity contribution in [1.29, 1.82) is 0 Å². The molecule has 3 heterocycles. The number of benzene rings is 2. The summed E-state index contributed by atoms with van der Waals surface area (Å²) in [5.74, 6) is 2.51. The molecule has 12 nitrogen and oxygen atoms in total. The number of carbonyl (C=O) groups is 1. The maximum atomic E-state index is 13.8. The van der Waals surface area contributed by atoms with Crippen LogP contribution < -0.4 is 40.9 Å². The van der Waals surface area contributed by atoms with Crippen molar-refractivity contribution in [2.45, 2.75) is 38.3 Å². The molecular weight excluding hydrogens is 576 g/mol. The zero-order valence-corrected chi connectivity index (χ0v) is 26.0. The molecule has 0 radical (unpaired) electrons. The number of hydrogen-bond acceptors (Lipinski definition) is 10. The summed E-state index contributed by atoms with van der Waals surface area (Å²) in [6.45, 7) is 2.39. The van der Waals surface area contributed by atoms with Crippen LogP contribution in [0.1, 0.15) is 46.5 Å². The molecule has 12 heteroatoms. The van der Waals surface area contributed by atoms with Crippen LogP contribution in [0, 0.1) is 6.92 Å². The summed E-state index contributed by atoms with van der Waals surface area (Å²) in [5.41, 5.74) is 9.40. The Kier molecular flexibility index (Phi) is 9.41. The number of methoxy groups -OCH3 is 4. The lowest BCUT2D eigenvalue weighted by molar-refractivity contribution is -0.124. The number of carbonyl (C=O) groups excluding carboxylic acids is 1. The average molecular weight is 615 g/mol. The van der Waals surface area contributed by atoms with E-state index in [1.165, 1.54) is 4.57 Å². The summed E-state index contributed by atoms with van der Waals surface area (Å²) in [5, 5.41) is 6.22. The Morgan fingerprint density at radius 2 is 1.62 bits per heavy atom. The van der Waals surface area contributed by atoms with Gasteiger partial charge in [0, 0.05) is 59.9 Å². The molecule has 0 unspecified atom stereocenters. The summed E-state index contributed by atoms with van der Waals surface area (Å²) in [7, 11) is 6.38. The van der Waals surface area contributed by atoms with E-state index in [2.05, 4.69) is 20.6 Å². The lowest BCUT2D eigenvalue weighted by Crippen LogP contribution is -2.36. The molecule has 0 saturated carbocycles. The smallest absolute Gasteiger partial charge is 0.294 e. The minimum Gasteiger partial charge on any atom is -0.497 e. The van der Waals surface area contributed by atoms with Crippen LogP contribution in [0.5, 0.6) is 23.0 Å². The Balaban J connectivity index is 1.43. The molecule has 0 bridgehead atoms. The predicted molar refractivity (Wildman–Crippen MR) is 171 cm³/mol. The molecule has 1 aliphatic heterocycles. The summed E-state index contributed by atoms with van der Waals surface area (Å²) in [6.07, 6.45) is 2.72. The molecule has 5 rings (SSSR count). The molecule has 1 atom stereocenters. The van der Waals surface area contributed by atoms with Gasteiger partial charge in [-0.1, -0.05) is 18.2 Å². The van der Waals surface area contributed by atoms with Crippen molar-refractivity contribution in [3.8, 4) is 23.0 Å². The first-order valence-corrected chi connectivity index (χ1v) is 14.6. The SMILES string of the molecule is COc1ccc(C(CNc2ncc3n(c2=O)[C@H](C(=O)NCc2ccc(N)nc2C)CC3)c2ccc(OC)cc2OC)c(OC)c1. The normalized spacial score (nSPS) is 13.7. The Hall–Kier alpha value is -5.26. The second-order valence-electron chi connectivity index (χ2n) is 10.7. The van der Waals surface area contributed by atoms with Gasteiger partial charge in [-0.3, -0.25) is 14.2 Å². The Labute approximate surface area is 261 Å². The first-order valence-electron chi connectivity index (χ1n) is 14.6. The van der Waals surface area contributed by atoms with E-state index in [-0.39, 0.29) is 36.3 Å². The lowest BCUT2D eigenvalue weighted by Gasteiger charge is -2.24. The third kappa shape index (κ3) is 6.49. The molecule has 2 aromatic carbocycles. The van der Waals surface area contributed by atoms with Crippen molar-refractivity contribution in [1.82, 2.24) is 19.9 Å². The van der Waals surface area contributed by atoms with Gasteiger partial charge in [0.25, 0.3) is 5.56 Å². The molecule has 0 fully saturated rings. The Bertz CT molecular complexity index is 1700. The molecule has 4 N–H and O–H groups in total. The van der Waals surface area contributed by atoms with Crippen LogP contribution in [-0.4, -0.2) is 55.4 Å². The molecule has 0 saturated heterocycles. The largest absolute Gasteiger partial charge is 0.497 e. The molecule has 0 spiro atoms. The minimum absolute atomic E-state index is 0.141. The molecular formula is C33H38N6O6. The minimum atomic E-state index is -0.655. The molecule has 236 valence electrons. The third-order valence-electron chi connectivity index (χ3n) is 8.14. The summed E-state index contributed by atoms with van der Waals surface area (Å²) in [4.78, 5) is 35.8. The average Bonchev–Trinajstić information content (AvgIpc) is 3.50. The van der Waals surface area contributed by atoms with E-state index >= 15 is 0 Å². The number of nitrogens with one attached hydrogen (secondary N) is 2. The number of fused-ring (bicyclic) bond motifs is 1. The quantitative estimate of drug-likeness (QED) is 0.216. The van der Waals surface area contributed by atoms with Crippen molar-refractivity contribution < 1.29 is 23.7 Å². The van der Waals surface area contributed by atoms with E-state index in [0.717, 1.165) is 22.4 Å². The third-order valence-corrected chi connectivity index (χ3v) is 8.14. The topological polar surface area (TPSA) is 152 Å². The van der Waals surface area contributed by atoms with Gasteiger partial charge >= 0.3 is 0 Å². The van der Waals surface area contributed by atoms with Crippen LogP contribution in [0.4, 0.5) is 11.6 Å². The maximum Gasteiger partial charge on any atom is 0.294 e. The highest BCUT2D eigenvalue weighted by atomic mass is 16.5. The van der Waals surface area contributed by atoms with Gasteiger partial charge in [-0.25, -0.2) is 9.97 Å². The van der Waals surface area contributed by atoms with Crippen LogP contribution in [0.15, 0.2) is 59.5 Å². The number of hydrogen-bond donors (Lipinski definition) is 3. The number of amides is 1. The van der Waals surface area contributed by atoms with Gasteiger partial charge in [-0.15, -0.1) is 0 Å². The number of aryl methyl sites for hydroxylation is 2. The number of pyridine rings is 1. The van der Waals surface area contributed by atoms with Crippen LogP contribution in [-0.2, 0) is 17.8 Å². The molecule has 0 aliphatic carbocycles. The van der Waals surface area contributed by atoms with Crippen LogP contribution >= 0.6 is 0 Å². The second kappa shape index (κ2) is 13.6. The molecule has 4 aromatic rings. The van der Waals surface area contributed by atoms with Crippen molar-refractivity contribution in [2.24, 2.45) is 0 Å². The van der Waals surface area contributed by atoms with E-state index in [4.69, 9.17) is 24.7 Å². The van der Waals surface area contributed by atoms with Crippen LogP contribution in [0.2, 0.25) is 0 Å². The summed E-state index contributed by atoms with van der Waals surface area (Å²) >= 11 is 0. The van der Waals surface area contributed by atoms with Crippen LogP contribution in [0.3, 0.4) is 0 Å². The van der Waals surface area contributed by atoms with Gasteiger partial charge in [0.1, 0.15) is 34.9 Å². The van der Waals surface area contributed by atoms with Gasteiger partial charge in [0.2, 0.25) is 5.91 Å². The van der Waals surface area contributed by atoms with Gasteiger partial charge in [-0.05, 0) is 43.5 Å². The second-order valence-corrected chi connectivity index (χ2v) is 10.7. The van der Waals surface area contributed by atoms with Gasteiger partial charge in [-0.2, -0.15) is 0 Å². The highest BCUT2D eigenvalue weighted by Gasteiger charge is 2.31. The number of rotatable bonds is 12. The number of nitrogen functional groups attached to an aromatic ring is 1. The fourth-order valence-electron chi connectivity index (χ4n) is 5.71. The standard InChI is InChI=1S/C33H38N6O6/c1-19-20(6-13-30(34)38-19)16-37-32(40)27-12-7-21-17-35-31(33(41)39(21)27)36-18-26(24-10-8-22(42-2)14-28(24)44-4)25-11-9-23(43-3)15-29(25)45-5/h6,8-11,13-15,17,26-27H,7,12,16,18H2,1-5H3,(H2,34,38)(H,35,36)(H,37,40)/t27-/m0/s1. The van der Waals surface area contributed by atoms with Crippen molar-refractivity contribution in [3.63, 3.8) is 0 Å². The van der Waals surface area contributed by atoms with Crippen molar-refractivity contribution in [2.75, 3.05) is 46.0 Å². The summed E-state index contributed by atoms with van der Waals surface area (Å²) < 4.78 is 23.8. The van der Waals surface area contributed by atoms with Gasteiger partial charge in [0.15, 0.2) is 5.82 Å². The number of aromatic nitrogens is 3. The number of ether oxygens (including phenoxy) is 4. The molecule has 45 heavy (non-hydrogen) atoms. The van der Waals surface area contributed by atoms with E-state index in [0.29, 0.717) is 47.4 Å². The molecule has 1 amide bonds. The number of nitrogens with zero attached hydrogens (tertiary/aromatic N) is 3. The lowest BCUT2D eigenvalue weighted by atomic mass is 9.89. The first kappa shape index (κ1) is 31.2. The highest BCUT2D eigenvalue weighted by Crippen LogP contribution is 2.39. The fourth-order valence-corrected chi connectivity index (χ4v) is 5.71. The highest BCUT2D eigenvalue weighted by molar-refractivity contribution is 5.81. The van der Waals surface area contributed by atoms with E-state index in [9.17, 15) is 9.59 Å². The number of anilines is 2. The van der Waals surface area contributed by atoms with Gasteiger partial charge in [0.05, 0.1) is 28.4 Å². The monoisotopic (exact) mass is 614 g/mol. The van der Waals surface area contributed by atoms with Crippen molar-refractivity contribution in [3.05, 3.63) is 93.2 Å². The summed E-state index contributed by atoms with van der Waals surface area (Å²) in [6, 6.07) is 14.1. The zero-order chi connectivity index (χ0) is 32.1. The molecule has 1 aliphatic rings. The van der Waals surface area contributed by atoms with E-state index < -0.39 is 6.04 Å². The Morgan fingerprint density at radius 3 is 2.20 bits per heavy atom. The van der Waals surface area contributed by atoms with E-state index in [1.807, 2.05) is 49.4 Å². The number of nitrogens with two attached hydrogens (primary N) is 1. The van der Waals surface area contributed by atoms with Crippen LogP contribution in [0.25, 0.3) is 0 Å². The Morgan fingerprint density at radius 1 is 0.978 bits per heavy atom. The first-order chi connectivity index (χ1) is 21.8. The zero-order valence-electron chi connectivity index (χ0n) is 26.0. The van der Waals surface area contributed by atoms with E-state index in [1.54, 1.807) is 40.7 Å². The predicted octanol–water partition coefficient (Wildman–Crippen LogP) is 3.61.